The molecule has 1 aromatic heterocycles. The van der Waals surface area contributed by atoms with Crippen LogP contribution in [0.2, 0.25) is 0 Å². The number of nitrogens with one attached hydrogen (secondary N) is 2. The highest BCUT2D eigenvalue weighted by Gasteiger charge is 2.31. The van der Waals surface area contributed by atoms with Gasteiger partial charge in [-0.2, -0.15) is 0 Å². The Kier molecular flexibility index (Phi) is 10.0. The van der Waals surface area contributed by atoms with Gasteiger partial charge in [-0.25, -0.2) is 9.59 Å². The largest absolute Gasteiger partial charge is 0.488 e. The third-order valence-corrected chi connectivity index (χ3v) is 7.59. The highest BCUT2D eigenvalue weighted by Crippen LogP contribution is 2.30. The lowest BCUT2D eigenvalue weighted by molar-refractivity contribution is -0.134. The first-order chi connectivity index (χ1) is 20.4. The molecular formula is C31H39N5O7. The van der Waals surface area contributed by atoms with Gasteiger partial charge in [0.25, 0.3) is 0 Å². The number of carbonyl (C=O) groups is 3. The van der Waals surface area contributed by atoms with Crippen LogP contribution in [0.25, 0.3) is 0 Å². The second kappa shape index (κ2) is 13.7. The summed E-state index contributed by atoms with van der Waals surface area (Å²) in [6, 6.07) is 11.1. The van der Waals surface area contributed by atoms with Gasteiger partial charge in [0, 0.05) is 36.8 Å². The highest BCUT2D eigenvalue weighted by atomic mass is 16.5. The third kappa shape index (κ3) is 7.90. The van der Waals surface area contributed by atoms with E-state index in [-0.39, 0.29) is 42.6 Å². The molecule has 0 fully saturated rings. The summed E-state index contributed by atoms with van der Waals surface area (Å²) in [5, 5.41) is 28.5. The molecule has 0 spiro atoms. The minimum atomic E-state index is -0.970. The summed E-state index contributed by atoms with van der Waals surface area (Å²) in [7, 11) is 1.96. The molecular weight excluding hydrogens is 554 g/mol. The van der Waals surface area contributed by atoms with Crippen LogP contribution in [0.1, 0.15) is 46.8 Å². The van der Waals surface area contributed by atoms with Crippen molar-refractivity contribution in [3.63, 3.8) is 0 Å². The molecule has 0 radical (unpaired) electrons. The first-order valence-corrected chi connectivity index (χ1v) is 14.2. The molecule has 12 nitrogen and oxygen atoms in total. The van der Waals surface area contributed by atoms with Crippen molar-refractivity contribution < 1.29 is 33.9 Å². The van der Waals surface area contributed by atoms with E-state index in [1.165, 1.54) is 0 Å². The number of carboxylic acid groups (broad SMARTS) is 1. The number of anilines is 2. The molecule has 1 aliphatic heterocycles. The van der Waals surface area contributed by atoms with Gasteiger partial charge in [-0.05, 0) is 63.7 Å². The maximum absolute atomic E-state index is 13.5. The molecule has 3 atom stereocenters. The molecule has 4 rings (SSSR count). The number of ether oxygens (including phenoxy) is 1. The van der Waals surface area contributed by atoms with Crippen molar-refractivity contribution in [2.75, 3.05) is 37.4 Å². The minimum Gasteiger partial charge on any atom is -0.488 e. The molecule has 2 aromatic carbocycles. The number of carbonyl (C=O) groups excluding carboxylic acids is 2. The molecule has 0 saturated heterocycles. The Hall–Kier alpha value is -4.42. The summed E-state index contributed by atoms with van der Waals surface area (Å²) >= 11 is 0. The van der Waals surface area contributed by atoms with E-state index in [1.54, 1.807) is 61.2 Å². The van der Waals surface area contributed by atoms with Crippen molar-refractivity contribution in [1.29, 1.82) is 0 Å². The number of urea groups is 1. The molecule has 0 bridgehead atoms. The quantitative estimate of drug-likeness (QED) is 0.289. The summed E-state index contributed by atoms with van der Waals surface area (Å²) in [6.07, 6.45) is -0.283. The average Bonchev–Trinajstić information content (AvgIpc) is 3.29. The number of aromatic nitrogens is 1. The Morgan fingerprint density at radius 3 is 2.51 bits per heavy atom. The molecule has 3 aromatic rings. The van der Waals surface area contributed by atoms with Crippen LogP contribution < -0.4 is 15.4 Å². The van der Waals surface area contributed by atoms with Crippen LogP contribution in [0.5, 0.6) is 5.75 Å². The second-order valence-corrected chi connectivity index (χ2v) is 11.2. The van der Waals surface area contributed by atoms with Crippen LogP contribution in [0.4, 0.5) is 16.2 Å². The summed E-state index contributed by atoms with van der Waals surface area (Å²) in [5.41, 5.74) is 3.33. The van der Waals surface area contributed by atoms with E-state index in [0.717, 1.165) is 5.56 Å². The summed E-state index contributed by atoms with van der Waals surface area (Å²) < 4.78 is 11.7. The van der Waals surface area contributed by atoms with Crippen LogP contribution in [0.3, 0.4) is 0 Å². The van der Waals surface area contributed by atoms with Crippen LogP contribution in [0.15, 0.2) is 47.0 Å². The zero-order valence-electron chi connectivity index (χ0n) is 25.1. The number of aryl methyl sites for hydroxylation is 2. The Balaban J connectivity index is 1.55. The third-order valence-electron chi connectivity index (χ3n) is 7.59. The van der Waals surface area contributed by atoms with Gasteiger partial charge in [0.1, 0.15) is 23.2 Å². The number of nitrogens with zero attached hydrogens (tertiary/aromatic N) is 3. The molecule has 0 aliphatic carbocycles. The van der Waals surface area contributed by atoms with Gasteiger partial charge in [0.2, 0.25) is 5.91 Å². The molecule has 2 heterocycles. The van der Waals surface area contributed by atoms with Crippen LogP contribution >= 0.6 is 0 Å². The van der Waals surface area contributed by atoms with Crippen LogP contribution in [0, 0.1) is 19.8 Å². The van der Waals surface area contributed by atoms with E-state index in [1.807, 2.05) is 20.9 Å². The topological polar surface area (TPSA) is 157 Å². The predicted molar refractivity (Wildman–Crippen MR) is 160 cm³/mol. The highest BCUT2D eigenvalue weighted by molar-refractivity contribution is 6.00. The number of fused-ring (bicyclic) bond motifs is 1. The van der Waals surface area contributed by atoms with Crippen molar-refractivity contribution in [2.45, 2.75) is 52.8 Å². The zero-order chi connectivity index (χ0) is 31.3. The van der Waals surface area contributed by atoms with Gasteiger partial charge in [0.05, 0.1) is 24.6 Å². The fourth-order valence-corrected chi connectivity index (χ4v) is 5.10. The first-order valence-electron chi connectivity index (χ1n) is 14.2. The second-order valence-electron chi connectivity index (χ2n) is 11.2. The molecule has 12 heteroatoms. The number of benzene rings is 2. The average molecular weight is 594 g/mol. The number of likely N-dealkylation sites (N-methyl/N-ethyl adjacent to an activating group) is 1. The summed E-state index contributed by atoms with van der Waals surface area (Å²) in [5.74, 6) is -0.175. The lowest BCUT2D eigenvalue weighted by Gasteiger charge is -2.34. The molecule has 230 valence electrons. The first kappa shape index (κ1) is 31.5. The Morgan fingerprint density at radius 2 is 1.88 bits per heavy atom. The molecule has 4 N–H and O–H groups in total. The van der Waals surface area contributed by atoms with Crippen molar-refractivity contribution >= 4 is 29.3 Å². The zero-order valence-corrected chi connectivity index (χ0v) is 25.1. The van der Waals surface area contributed by atoms with E-state index >= 15 is 0 Å². The van der Waals surface area contributed by atoms with E-state index in [9.17, 15) is 24.6 Å². The smallest absolute Gasteiger partial charge is 0.335 e. The monoisotopic (exact) mass is 593 g/mol. The van der Waals surface area contributed by atoms with Gasteiger partial charge >= 0.3 is 12.0 Å². The number of amides is 3. The van der Waals surface area contributed by atoms with E-state index in [2.05, 4.69) is 20.7 Å². The summed E-state index contributed by atoms with van der Waals surface area (Å²) in [4.78, 5) is 41.2. The number of aliphatic hydroxyl groups excluding tert-OH is 1. The van der Waals surface area contributed by atoms with Crippen molar-refractivity contribution in [1.82, 2.24) is 15.0 Å². The van der Waals surface area contributed by atoms with Gasteiger partial charge in [-0.3, -0.25) is 9.69 Å². The fourth-order valence-electron chi connectivity index (χ4n) is 5.10. The van der Waals surface area contributed by atoms with Crippen molar-refractivity contribution in [3.05, 3.63) is 70.6 Å². The number of rotatable bonds is 9. The van der Waals surface area contributed by atoms with Crippen molar-refractivity contribution in [3.8, 4) is 5.75 Å². The van der Waals surface area contributed by atoms with Gasteiger partial charge in [-0.15, -0.1) is 0 Å². The van der Waals surface area contributed by atoms with Crippen LogP contribution in [-0.4, -0.2) is 82.0 Å². The predicted octanol–water partition coefficient (Wildman–Crippen LogP) is 3.91. The Bertz CT molecular complexity index is 1440. The van der Waals surface area contributed by atoms with Gasteiger partial charge in [0.15, 0.2) is 5.76 Å². The Labute approximate surface area is 250 Å². The molecule has 3 amide bonds. The lowest BCUT2D eigenvalue weighted by Crippen LogP contribution is -2.47. The molecule has 1 aliphatic rings. The normalized spacial score (nSPS) is 17.7. The number of aromatic carboxylic acids is 1. The number of hydrogen-bond acceptors (Lipinski definition) is 8. The van der Waals surface area contributed by atoms with E-state index < -0.39 is 12.0 Å². The van der Waals surface area contributed by atoms with E-state index in [0.29, 0.717) is 53.8 Å². The lowest BCUT2D eigenvalue weighted by atomic mass is 10.0. The fraction of sp³-hybridized carbons (Fsp3) is 0.419. The number of aliphatic hydroxyl groups is 1. The number of carboxylic acids is 1. The summed E-state index contributed by atoms with van der Waals surface area (Å²) in [6.45, 7) is 8.57. The van der Waals surface area contributed by atoms with E-state index in [4.69, 9.17) is 9.26 Å². The van der Waals surface area contributed by atoms with Crippen LogP contribution in [-0.2, 0) is 17.8 Å². The van der Waals surface area contributed by atoms with Gasteiger partial charge < -0.3 is 35.0 Å². The standard InChI is InChI=1S/C31H39N5O7/c1-18-14-36(19(2)17-37)28(38)13-24-12-25(32-31(41)33-29-20(3)34-43-21(29)4)10-11-26(24)42-27(18)16-35(5)15-22-6-8-23(9-7-22)30(39)40/h6-12,18-19,27,37H,13-17H2,1-5H3,(H,39,40)(H2,32,33,41)/t18-,19+,27-/m0/s1. The number of hydrogen-bond donors (Lipinski definition) is 4. The molecule has 0 saturated carbocycles. The maximum Gasteiger partial charge on any atom is 0.335 e. The van der Waals surface area contributed by atoms with Gasteiger partial charge in [-0.1, -0.05) is 24.2 Å². The van der Waals surface area contributed by atoms with Crippen molar-refractivity contribution in [2.24, 2.45) is 5.92 Å². The minimum absolute atomic E-state index is 0.0336. The Morgan fingerprint density at radius 1 is 1.16 bits per heavy atom. The molecule has 0 unspecified atom stereocenters. The molecule has 43 heavy (non-hydrogen) atoms. The maximum atomic E-state index is 13.5. The SMILES string of the molecule is Cc1noc(C)c1NC(=O)Nc1ccc2c(c1)CC(=O)N([C@H](C)CO)C[C@H](C)[C@H](CN(C)Cc1ccc(C(=O)O)cc1)O2.